The summed E-state index contributed by atoms with van der Waals surface area (Å²) in [5.74, 6) is -0.604. The van der Waals surface area contributed by atoms with Crippen molar-refractivity contribution in [2.75, 3.05) is 13.2 Å². The number of phenols is 2. The summed E-state index contributed by atoms with van der Waals surface area (Å²) in [6, 6.07) is 3.74. The molecule has 1 atom stereocenters. The Morgan fingerprint density at radius 3 is 2.74 bits per heavy atom. The van der Waals surface area contributed by atoms with Crippen LogP contribution in [0.4, 0.5) is 0 Å². The molecule has 0 bridgehead atoms. The number of amides is 1. The quantitative estimate of drug-likeness (QED) is 0.756. The molecular weight excluding hydrogens is 246 g/mol. The minimum atomic E-state index is -0.293. The van der Waals surface area contributed by atoms with Crippen LogP contribution in [0.3, 0.4) is 0 Å². The van der Waals surface area contributed by atoms with E-state index >= 15 is 0 Å². The van der Waals surface area contributed by atoms with Crippen molar-refractivity contribution in [3.05, 3.63) is 23.8 Å². The smallest absolute Gasteiger partial charge is 0.257 e. The maximum Gasteiger partial charge on any atom is 0.257 e. The average molecular weight is 265 g/mol. The number of hydrogen-bond donors (Lipinski definition) is 3. The van der Waals surface area contributed by atoms with E-state index in [1.54, 1.807) is 4.90 Å². The van der Waals surface area contributed by atoms with Gasteiger partial charge in [-0.25, -0.2) is 0 Å². The molecule has 1 unspecified atom stereocenters. The van der Waals surface area contributed by atoms with E-state index in [-0.39, 0.29) is 35.6 Å². The number of aliphatic hydroxyl groups is 1. The van der Waals surface area contributed by atoms with Gasteiger partial charge in [0.05, 0.1) is 18.2 Å². The molecule has 0 radical (unpaired) electrons. The summed E-state index contributed by atoms with van der Waals surface area (Å²) in [5.41, 5.74) is 0.165. The highest BCUT2D eigenvalue weighted by molar-refractivity contribution is 5.97. The Kier molecular flexibility index (Phi) is 4.27. The number of carbonyl (C=O) groups excluding carboxylic acids is 1. The van der Waals surface area contributed by atoms with Crippen LogP contribution in [-0.4, -0.2) is 45.3 Å². The topological polar surface area (TPSA) is 81.0 Å². The molecule has 1 saturated heterocycles. The third-order valence-electron chi connectivity index (χ3n) is 3.56. The summed E-state index contributed by atoms with van der Waals surface area (Å²) in [6.45, 7) is 0.523. The van der Waals surface area contributed by atoms with Crippen LogP contribution in [0.1, 0.15) is 36.0 Å². The van der Waals surface area contributed by atoms with Crippen LogP contribution in [0.2, 0.25) is 0 Å². The Hall–Kier alpha value is -1.75. The minimum Gasteiger partial charge on any atom is -0.508 e. The molecule has 5 nitrogen and oxygen atoms in total. The summed E-state index contributed by atoms with van der Waals surface area (Å²) in [6.07, 6.45) is 3.72. The summed E-state index contributed by atoms with van der Waals surface area (Å²) < 4.78 is 0. The highest BCUT2D eigenvalue weighted by Gasteiger charge is 2.27. The Balaban J connectivity index is 2.25. The van der Waals surface area contributed by atoms with Gasteiger partial charge in [0.2, 0.25) is 0 Å². The molecule has 1 aliphatic rings. The number of likely N-dealkylation sites (tertiary alicyclic amines) is 1. The molecule has 0 spiro atoms. The van der Waals surface area contributed by atoms with Crippen molar-refractivity contribution in [1.29, 1.82) is 0 Å². The zero-order chi connectivity index (χ0) is 13.8. The molecule has 1 heterocycles. The van der Waals surface area contributed by atoms with Gasteiger partial charge in [0.25, 0.3) is 5.91 Å². The predicted octanol–water partition coefficient (Wildman–Crippen LogP) is 1.47. The fourth-order valence-corrected chi connectivity index (χ4v) is 2.49. The van der Waals surface area contributed by atoms with Gasteiger partial charge in [-0.1, -0.05) is 12.8 Å². The van der Waals surface area contributed by atoms with E-state index in [1.165, 1.54) is 12.1 Å². The molecule has 1 amide bonds. The van der Waals surface area contributed by atoms with Crippen molar-refractivity contribution in [3.8, 4) is 11.5 Å². The predicted molar refractivity (Wildman–Crippen MR) is 70.1 cm³/mol. The van der Waals surface area contributed by atoms with Gasteiger partial charge in [-0.3, -0.25) is 4.79 Å². The van der Waals surface area contributed by atoms with Gasteiger partial charge in [0.15, 0.2) is 0 Å². The number of phenolic OH excluding ortho intramolecular Hbond substituents is 2. The second-order valence-electron chi connectivity index (χ2n) is 4.89. The molecule has 1 aromatic rings. The lowest BCUT2D eigenvalue weighted by atomic mass is 10.1. The first-order valence-corrected chi connectivity index (χ1v) is 6.57. The first-order chi connectivity index (χ1) is 9.13. The summed E-state index contributed by atoms with van der Waals surface area (Å²) >= 11 is 0. The zero-order valence-corrected chi connectivity index (χ0v) is 10.7. The van der Waals surface area contributed by atoms with Crippen molar-refractivity contribution in [2.45, 2.75) is 31.7 Å². The number of benzene rings is 1. The zero-order valence-electron chi connectivity index (χ0n) is 10.7. The normalized spacial score (nSPS) is 20.1. The first kappa shape index (κ1) is 13.7. The highest BCUT2D eigenvalue weighted by Crippen LogP contribution is 2.26. The fraction of sp³-hybridized carbons (Fsp3) is 0.500. The van der Waals surface area contributed by atoms with Gasteiger partial charge < -0.3 is 20.2 Å². The molecule has 1 fully saturated rings. The van der Waals surface area contributed by atoms with Gasteiger partial charge in [-0.15, -0.1) is 0 Å². The van der Waals surface area contributed by atoms with Crippen LogP contribution >= 0.6 is 0 Å². The monoisotopic (exact) mass is 265 g/mol. The number of aliphatic hydroxyl groups excluding tert-OH is 1. The first-order valence-electron chi connectivity index (χ1n) is 6.57. The van der Waals surface area contributed by atoms with Crippen molar-refractivity contribution in [3.63, 3.8) is 0 Å². The van der Waals surface area contributed by atoms with Gasteiger partial charge in [-0.2, -0.15) is 0 Å². The Labute approximate surface area is 112 Å². The number of carbonyl (C=O) groups is 1. The van der Waals surface area contributed by atoms with Gasteiger partial charge in [0, 0.05) is 12.6 Å². The van der Waals surface area contributed by atoms with E-state index in [9.17, 15) is 20.1 Å². The lowest BCUT2D eigenvalue weighted by Crippen LogP contribution is -2.42. The molecule has 0 aromatic heterocycles. The maximum atomic E-state index is 12.4. The Morgan fingerprint density at radius 2 is 2.05 bits per heavy atom. The van der Waals surface area contributed by atoms with Crippen molar-refractivity contribution in [2.24, 2.45) is 0 Å². The molecule has 3 N–H and O–H groups in total. The summed E-state index contributed by atoms with van der Waals surface area (Å²) in [5, 5.41) is 28.4. The molecule has 104 valence electrons. The van der Waals surface area contributed by atoms with E-state index in [0.717, 1.165) is 31.7 Å². The third-order valence-corrected chi connectivity index (χ3v) is 3.56. The average Bonchev–Trinajstić information content (AvgIpc) is 2.63. The van der Waals surface area contributed by atoms with E-state index in [2.05, 4.69) is 0 Å². The van der Waals surface area contributed by atoms with E-state index < -0.39 is 0 Å². The lowest BCUT2D eigenvalue weighted by Gasteiger charge is -2.28. The van der Waals surface area contributed by atoms with Gasteiger partial charge in [-0.05, 0) is 25.0 Å². The fourth-order valence-electron chi connectivity index (χ4n) is 2.49. The van der Waals surface area contributed by atoms with Crippen molar-refractivity contribution in [1.82, 2.24) is 4.90 Å². The van der Waals surface area contributed by atoms with Crippen LogP contribution in [0, 0.1) is 0 Å². The van der Waals surface area contributed by atoms with E-state index in [1.807, 2.05) is 0 Å². The van der Waals surface area contributed by atoms with Crippen LogP contribution in [0.25, 0.3) is 0 Å². The molecule has 2 rings (SSSR count). The third kappa shape index (κ3) is 2.98. The SMILES string of the molecule is O=C(c1ccc(O)cc1O)N1CCCCCC1CO. The molecule has 1 aliphatic heterocycles. The lowest BCUT2D eigenvalue weighted by molar-refractivity contribution is 0.0597. The number of hydrogen-bond acceptors (Lipinski definition) is 4. The Morgan fingerprint density at radius 1 is 1.26 bits per heavy atom. The van der Waals surface area contributed by atoms with Crippen LogP contribution < -0.4 is 0 Å². The highest BCUT2D eigenvalue weighted by atomic mass is 16.3. The minimum absolute atomic E-state index is 0.0649. The summed E-state index contributed by atoms with van der Waals surface area (Å²) in [7, 11) is 0. The largest absolute Gasteiger partial charge is 0.508 e. The molecular formula is C14H19NO4. The Bertz CT molecular complexity index is 461. The van der Waals surface area contributed by atoms with Crippen LogP contribution in [0.15, 0.2) is 18.2 Å². The van der Waals surface area contributed by atoms with Crippen LogP contribution in [0.5, 0.6) is 11.5 Å². The van der Waals surface area contributed by atoms with Crippen LogP contribution in [-0.2, 0) is 0 Å². The molecule has 0 aliphatic carbocycles. The molecule has 5 heteroatoms. The van der Waals surface area contributed by atoms with Gasteiger partial charge in [0.1, 0.15) is 11.5 Å². The van der Waals surface area contributed by atoms with Crippen molar-refractivity contribution < 1.29 is 20.1 Å². The van der Waals surface area contributed by atoms with Crippen molar-refractivity contribution >= 4 is 5.91 Å². The molecule has 1 aromatic carbocycles. The summed E-state index contributed by atoms with van der Waals surface area (Å²) in [4.78, 5) is 14.1. The number of rotatable bonds is 2. The second kappa shape index (κ2) is 5.93. The van der Waals surface area contributed by atoms with Gasteiger partial charge >= 0.3 is 0 Å². The standard InChI is InChI=1S/C14H19NO4/c16-9-10-4-2-1-3-7-15(10)14(19)12-6-5-11(17)8-13(12)18/h5-6,8,10,16-18H,1-4,7,9H2. The second-order valence-corrected chi connectivity index (χ2v) is 4.89. The molecule has 0 saturated carbocycles. The number of aromatic hydroxyl groups is 2. The number of nitrogens with zero attached hydrogens (tertiary/aromatic N) is 1. The maximum absolute atomic E-state index is 12.4. The molecule has 19 heavy (non-hydrogen) atoms. The van der Waals surface area contributed by atoms with E-state index in [4.69, 9.17) is 0 Å². The van der Waals surface area contributed by atoms with E-state index in [0.29, 0.717) is 6.54 Å².